The number of aromatic nitrogens is 2. The smallest absolute Gasteiger partial charge is 0.131 e. The summed E-state index contributed by atoms with van der Waals surface area (Å²) in [6.45, 7) is 4.21. The van der Waals surface area contributed by atoms with E-state index in [0.717, 1.165) is 22.7 Å². The number of nitrogens with zero attached hydrogens (tertiary/aromatic N) is 2. The standard InChI is InChI=1S/C14H18ClN3O/c1-9(16)11-5-4-6-12(7-11)19-8-13-14(15)10(2)17-18(13)3/h4-7,9H,8,16H2,1-3H3/t9-/m1/s1. The average molecular weight is 280 g/mol. The molecule has 0 fully saturated rings. The highest BCUT2D eigenvalue weighted by molar-refractivity contribution is 6.31. The molecule has 0 saturated carbocycles. The van der Waals surface area contributed by atoms with E-state index in [9.17, 15) is 0 Å². The van der Waals surface area contributed by atoms with E-state index in [1.807, 2.05) is 45.2 Å². The molecule has 0 aliphatic carbocycles. The number of benzene rings is 1. The molecule has 1 aromatic carbocycles. The molecule has 1 heterocycles. The molecule has 0 aliphatic rings. The SMILES string of the molecule is Cc1nn(C)c(COc2cccc([C@@H](C)N)c2)c1Cl. The van der Waals surface area contributed by atoms with E-state index in [1.54, 1.807) is 4.68 Å². The first-order valence-electron chi connectivity index (χ1n) is 6.15. The summed E-state index contributed by atoms with van der Waals surface area (Å²) in [5.74, 6) is 0.782. The maximum Gasteiger partial charge on any atom is 0.131 e. The lowest BCUT2D eigenvalue weighted by atomic mass is 10.1. The van der Waals surface area contributed by atoms with Crippen LogP contribution in [0, 0.1) is 6.92 Å². The molecule has 1 aromatic heterocycles. The Bertz CT molecular complexity index is 578. The van der Waals surface area contributed by atoms with Crippen LogP contribution in [0.4, 0.5) is 0 Å². The second-order valence-corrected chi connectivity index (χ2v) is 5.00. The number of hydrogen-bond acceptors (Lipinski definition) is 3. The molecule has 1 atom stereocenters. The van der Waals surface area contributed by atoms with Crippen molar-refractivity contribution in [3.05, 3.63) is 46.2 Å². The minimum absolute atomic E-state index is 0.00825. The van der Waals surface area contributed by atoms with Gasteiger partial charge in [-0.1, -0.05) is 23.7 Å². The van der Waals surface area contributed by atoms with Crippen LogP contribution in [0.25, 0.3) is 0 Å². The normalized spacial score (nSPS) is 12.5. The van der Waals surface area contributed by atoms with Crippen LogP contribution in [0.2, 0.25) is 5.02 Å². The van der Waals surface area contributed by atoms with Crippen molar-refractivity contribution in [1.29, 1.82) is 0 Å². The molecule has 0 aliphatic heterocycles. The van der Waals surface area contributed by atoms with Crippen LogP contribution in [0.5, 0.6) is 5.75 Å². The summed E-state index contributed by atoms with van der Waals surface area (Å²) in [6.07, 6.45) is 0. The maximum atomic E-state index is 6.18. The van der Waals surface area contributed by atoms with E-state index in [2.05, 4.69) is 5.10 Å². The predicted molar refractivity (Wildman–Crippen MR) is 76.3 cm³/mol. The zero-order chi connectivity index (χ0) is 14.0. The monoisotopic (exact) mass is 279 g/mol. The first-order chi connectivity index (χ1) is 8.99. The van der Waals surface area contributed by atoms with E-state index in [-0.39, 0.29) is 6.04 Å². The molecule has 4 nitrogen and oxygen atoms in total. The van der Waals surface area contributed by atoms with Gasteiger partial charge >= 0.3 is 0 Å². The van der Waals surface area contributed by atoms with Gasteiger partial charge in [0, 0.05) is 13.1 Å². The second-order valence-electron chi connectivity index (χ2n) is 4.62. The van der Waals surface area contributed by atoms with Crippen molar-refractivity contribution in [2.45, 2.75) is 26.5 Å². The third-order valence-corrected chi connectivity index (χ3v) is 3.51. The van der Waals surface area contributed by atoms with Gasteiger partial charge < -0.3 is 10.5 Å². The number of halogens is 1. The van der Waals surface area contributed by atoms with Gasteiger partial charge in [-0.3, -0.25) is 4.68 Å². The molecule has 0 amide bonds. The zero-order valence-corrected chi connectivity index (χ0v) is 12.1. The second kappa shape index (κ2) is 5.63. The van der Waals surface area contributed by atoms with E-state index < -0.39 is 0 Å². The summed E-state index contributed by atoms with van der Waals surface area (Å²) in [6, 6.07) is 7.76. The van der Waals surface area contributed by atoms with Gasteiger partial charge in [0.1, 0.15) is 12.4 Å². The number of nitrogens with two attached hydrogens (primary N) is 1. The van der Waals surface area contributed by atoms with E-state index in [0.29, 0.717) is 11.6 Å². The Morgan fingerprint density at radius 2 is 2.21 bits per heavy atom. The van der Waals surface area contributed by atoms with Gasteiger partial charge in [0.25, 0.3) is 0 Å². The Balaban J connectivity index is 2.12. The van der Waals surface area contributed by atoms with Gasteiger partial charge in [0.05, 0.1) is 16.4 Å². The van der Waals surface area contributed by atoms with Crippen molar-refractivity contribution in [3.8, 4) is 5.75 Å². The van der Waals surface area contributed by atoms with Crippen molar-refractivity contribution in [2.75, 3.05) is 0 Å². The van der Waals surface area contributed by atoms with Crippen molar-refractivity contribution in [1.82, 2.24) is 9.78 Å². The van der Waals surface area contributed by atoms with Crippen LogP contribution >= 0.6 is 11.6 Å². The number of hydrogen-bond donors (Lipinski definition) is 1. The van der Waals surface area contributed by atoms with Crippen molar-refractivity contribution in [3.63, 3.8) is 0 Å². The summed E-state index contributed by atoms with van der Waals surface area (Å²) in [4.78, 5) is 0. The highest BCUT2D eigenvalue weighted by atomic mass is 35.5. The van der Waals surface area contributed by atoms with Gasteiger partial charge in [0.15, 0.2) is 0 Å². The maximum absolute atomic E-state index is 6.18. The predicted octanol–water partition coefficient (Wildman–Crippen LogP) is 2.98. The molecule has 2 N–H and O–H groups in total. The molecule has 0 saturated heterocycles. The Hall–Kier alpha value is -1.52. The third-order valence-electron chi connectivity index (χ3n) is 3.02. The minimum atomic E-state index is -0.00825. The third kappa shape index (κ3) is 3.08. The molecular formula is C14H18ClN3O. The van der Waals surface area contributed by atoms with Crippen LogP contribution in [-0.4, -0.2) is 9.78 Å². The Kier molecular flexibility index (Phi) is 4.12. The minimum Gasteiger partial charge on any atom is -0.487 e. The summed E-state index contributed by atoms with van der Waals surface area (Å²) < 4.78 is 7.50. The molecule has 0 radical (unpaired) electrons. The molecule has 2 rings (SSSR count). The molecule has 2 aromatic rings. The summed E-state index contributed by atoms with van der Waals surface area (Å²) in [5.41, 5.74) is 8.57. The molecule has 0 spiro atoms. The quantitative estimate of drug-likeness (QED) is 0.936. The zero-order valence-electron chi connectivity index (χ0n) is 11.4. The van der Waals surface area contributed by atoms with Gasteiger partial charge in [-0.15, -0.1) is 0 Å². The van der Waals surface area contributed by atoms with Gasteiger partial charge in [-0.05, 0) is 31.5 Å². The molecule has 0 bridgehead atoms. The van der Waals surface area contributed by atoms with Gasteiger partial charge in [-0.2, -0.15) is 5.10 Å². The average Bonchev–Trinajstić information content (AvgIpc) is 2.61. The molecule has 19 heavy (non-hydrogen) atoms. The van der Waals surface area contributed by atoms with Gasteiger partial charge in [-0.25, -0.2) is 0 Å². The molecule has 102 valence electrons. The van der Waals surface area contributed by atoms with Crippen LogP contribution in [-0.2, 0) is 13.7 Å². The highest BCUT2D eigenvalue weighted by Crippen LogP contribution is 2.23. The van der Waals surface area contributed by atoms with E-state index in [4.69, 9.17) is 22.1 Å². The lowest BCUT2D eigenvalue weighted by molar-refractivity contribution is 0.294. The largest absolute Gasteiger partial charge is 0.487 e. The molecule has 5 heteroatoms. The van der Waals surface area contributed by atoms with E-state index >= 15 is 0 Å². The Morgan fingerprint density at radius 3 is 2.79 bits per heavy atom. The van der Waals surface area contributed by atoms with Crippen LogP contribution in [0.1, 0.15) is 29.9 Å². The van der Waals surface area contributed by atoms with Crippen molar-refractivity contribution < 1.29 is 4.74 Å². The first-order valence-corrected chi connectivity index (χ1v) is 6.53. The lowest BCUT2D eigenvalue weighted by Crippen LogP contribution is -2.06. The Labute approximate surface area is 118 Å². The lowest BCUT2D eigenvalue weighted by Gasteiger charge is -2.10. The fraction of sp³-hybridized carbons (Fsp3) is 0.357. The van der Waals surface area contributed by atoms with Crippen LogP contribution in [0.15, 0.2) is 24.3 Å². The fourth-order valence-electron chi connectivity index (χ4n) is 1.88. The number of rotatable bonds is 4. The number of ether oxygens (including phenoxy) is 1. The van der Waals surface area contributed by atoms with E-state index in [1.165, 1.54) is 0 Å². The highest BCUT2D eigenvalue weighted by Gasteiger charge is 2.11. The summed E-state index contributed by atoms with van der Waals surface area (Å²) >= 11 is 6.18. The Morgan fingerprint density at radius 1 is 1.47 bits per heavy atom. The summed E-state index contributed by atoms with van der Waals surface area (Å²) in [5, 5.41) is 4.91. The van der Waals surface area contributed by atoms with Crippen LogP contribution < -0.4 is 10.5 Å². The molecular weight excluding hydrogens is 262 g/mol. The molecule has 0 unspecified atom stereocenters. The van der Waals surface area contributed by atoms with Crippen molar-refractivity contribution >= 4 is 11.6 Å². The van der Waals surface area contributed by atoms with Crippen LogP contribution in [0.3, 0.4) is 0 Å². The first kappa shape index (κ1) is 13.9. The number of aryl methyl sites for hydroxylation is 2. The van der Waals surface area contributed by atoms with Crippen molar-refractivity contribution in [2.24, 2.45) is 12.8 Å². The topological polar surface area (TPSA) is 53.1 Å². The summed E-state index contributed by atoms with van der Waals surface area (Å²) in [7, 11) is 1.86. The van der Waals surface area contributed by atoms with Gasteiger partial charge in [0.2, 0.25) is 0 Å². The fourth-order valence-corrected chi connectivity index (χ4v) is 2.09.